The zero-order chi connectivity index (χ0) is 12.9. The van der Waals surface area contributed by atoms with Gasteiger partial charge in [0.2, 0.25) is 0 Å². The van der Waals surface area contributed by atoms with Crippen molar-refractivity contribution in [3.05, 3.63) is 29.3 Å². The maximum absolute atomic E-state index is 9.83. The smallest absolute Gasteiger partial charge is 0.0860 e. The molecule has 4 N–H and O–H groups in total. The normalized spacial score (nSPS) is 10.4. The number of nitrogens with one attached hydrogen (secondary N) is 1. The van der Waals surface area contributed by atoms with Crippen molar-refractivity contribution >= 4 is 11.4 Å². The summed E-state index contributed by atoms with van der Waals surface area (Å²) < 4.78 is 0. The summed E-state index contributed by atoms with van der Waals surface area (Å²) in [5, 5.41) is 17.3. The Hall–Kier alpha value is -1.35. The zero-order valence-electron chi connectivity index (χ0n) is 10.8. The largest absolute Gasteiger partial charge is 0.398 e. The minimum Gasteiger partial charge on any atom is -0.398 e. The van der Waals surface area contributed by atoms with Crippen LogP contribution in [-0.2, 0) is 5.60 Å². The van der Waals surface area contributed by atoms with Crippen LogP contribution < -0.4 is 5.73 Å². The Morgan fingerprint density at radius 1 is 1.31 bits per heavy atom. The van der Waals surface area contributed by atoms with Gasteiger partial charge in [-0.25, -0.2) is 0 Å². The Labute approximate surface area is 97.8 Å². The SMILES string of the molecule is CC.CC(=N)c1cccc(C(C)(C)O)c1N. The molecule has 0 fully saturated rings. The van der Waals surface area contributed by atoms with E-state index in [1.54, 1.807) is 39.0 Å². The van der Waals surface area contributed by atoms with Crippen molar-refractivity contribution in [3.8, 4) is 0 Å². The van der Waals surface area contributed by atoms with Gasteiger partial charge >= 0.3 is 0 Å². The summed E-state index contributed by atoms with van der Waals surface area (Å²) in [6, 6.07) is 5.37. The predicted octanol–water partition coefficient (Wildman–Crippen LogP) is 2.91. The van der Waals surface area contributed by atoms with Crippen molar-refractivity contribution in [3.63, 3.8) is 0 Å². The van der Waals surface area contributed by atoms with E-state index in [0.29, 0.717) is 22.5 Å². The van der Waals surface area contributed by atoms with Gasteiger partial charge in [-0.15, -0.1) is 0 Å². The number of rotatable bonds is 2. The summed E-state index contributed by atoms with van der Waals surface area (Å²) in [6.07, 6.45) is 0. The van der Waals surface area contributed by atoms with Crippen LogP contribution in [0.3, 0.4) is 0 Å². The number of benzene rings is 1. The summed E-state index contributed by atoms with van der Waals surface area (Å²) in [7, 11) is 0. The molecule has 3 heteroatoms. The summed E-state index contributed by atoms with van der Waals surface area (Å²) >= 11 is 0. The van der Waals surface area contributed by atoms with Crippen molar-refractivity contribution in [2.45, 2.75) is 40.2 Å². The molecular formula is C13H22N2O. The van der Waals surface area contributed by atoms with Gasteiger partial charge in [0.15, 0.2) is 0 Å². The predicted molar refractivity (Wildman–Crippen MR) is 69.9 cm³/mol. The highest BCUT2D eigenvalue weighted by molar-refractivity contribution is 6.01. The van der Waals surface area contributed by atoms with Crippen molar-refractivity contribution in [2.24, 2.45) is 0 Å². The standard InChI is InChI=1S/C11H16N2O.C2H6/c1-7(12)8-5-4-6-9(10(8)13)11(2,3)14;1-2/h4-6,12,14H,13H2,1-3H3;1-2H3. The maximum Gasteiger partial charge on any atom is 0.0860 e. The third-order valence-corrected chi connectivity index (χ3v) is 2.17. The molecule has 0 aliphatic rings. The van der Waals surface area contributed by atoms with E-state index in [2.05, 4.69) is 0 Å². The number of hydrogen-bond acceptors (Lipinski definition) is 3. The summed E-state index contributed by atoms with van der Waals surface area (Å²) in [4.78, 5) is 0. The lowest BCUT2D eigenvalue weighted by Gasteiger charge is -2.21. The minimum atomic E-state index is -0.963. The van der Waals surface area contributed by atoms with Crippen LogP contribution in [0.2, 0.25) is 0 Å². The van der Waals surface area contributed by atoms with Crippen molar-refractivity contribution in [1.29, 1.82) is 5.41 Å². The Balaban J connectivity index is 0.00000106. The molecule has 0 spiro atoms. The van der Waals surface area contributed by atoms with Crippen LogP contribution >= 0.6 is 0 Å². The molecule has 0 aliphatic carbocycles. The van der Waals surface area contributed by atoms with Crippen LogP contribution in [0.15, 0.2) is 18.2 Å². The van der Waals surface area contributed by atoms with Gasteiger partial charge in [-0.2, -0.15) is 0 Å². The first-order valence-electron chi connectivity index (χ1n) is 5.51. The summed E-state index contributed by atoms with van der Waals surface area (Å²) in [6.45, 7) is 9.04. The Morgan fingerprint density at radius 2 is 1.81 bits per heavy atom. The van der Waals surface area contributed by atoms with E-state index in [4.69, 9.17) is 11.1 Å². The van der Waals surface area contributed by atoms with Gasteiger partial charge in [0.1, 0.15) is 0 Å². The number of hydrogen-bond donors (Lipinski definition) is 3. The lowest BCUT2D eigenvalue weighted by atomic mass is 9.93. The second kappa shape index (κ2) is 5.66. The molecule has 0 aliphatic heterocycles. The summed E-state index contributed by atoms with van der Waals surface area (Å²) in [5.41, 5.74) is 7.16. The number of anilines is 1. The number of aliphatic hydroxyl groups is 1. The van der Waals surface area contributed by atoms with E-state index in [1.165, 1.54) is 0 Å². The van der Waals surface area contributed by atoms with Gasteiger partial charge in [-0.1, -0.05) is 32.0 Å². The van der Waals surface area contributed by atoms with E-state index in [1.807, 2.05) is 13.8 Å². The lowest BCUT2D eigenvalue weighted by Crippen LogP contribution is -2.19. The van der Waals surface area contributed by atoms with Crippen molar-refractivity contribution in [2.75, 3.05) is 5.73 Å². The van der Waals surface area contributed by atoms with Gasteiger partial charge in [-0.05, 0) is 20.8 Å². The van der Waals surface area contributed by atoms with Gasteiger partial charge < -0.3 is 16.2 Å². The van der Waals surface area contributed by atoms with E-state index in [-0.39, 0.29) is 0 Å². The average molecular weight is 222 g/mol. The lowest BCUT2D eigenvalue weighted by molar-refractivity contribution is 0.0794. The average Bonchev–Trinajstić information content (AvgIpc) is 2.19. The fourth-order valence-corrected chi connectivity index (χ4v) is 1.43. The van der Waals surface area contributed by atoms with Gasteiger partial charge in [0.05, 0.1) is 5.60 Å². The quantitative estimate of drug-likeness (QED) is 0.532. The molecular weight excluding hydrogens is 200 g/mol. The molecule has 0 saturated heterocycles. The molecule has 0 aromatic heterocycles. The molecule has 0 bridgehead atoms. The molecule has 1 aromatic carbocycles. The van der Waals surface area contributed by atoms with Gasteiger partial charge in [0.25, 0.3) is 0 Å². The molecule has 16 heavy (non-hydrogen) atoms. The van der Waals surface area contributed by atoms with Gasteiger partial charge in [0, 0.05) is 22.5 Å². The van der Waals surface area contributed by atoms with Crippen LogP contribution in [-0.4, -0.2) is 10.8 Å². The van der Waals surface area contributed by atoms with E-state index in [9.17, 15) is 5.11 Å². The third kappa shape index (κ3) is 3.35. The summed E-state index contributed by atoms with van der Waals surface area (Å²) in [5.74, 6) is 0. The highest BCUT2D eigenvalue weighted by Gasteiger charge is 2.20. The van der Waals surface area contributed by atoms with Crippen molar-refractivity contribution < 1.29 is 5.11 Å². The highest BCUT2D eigenvalue weighted by Crippen LogP contribution is 2.28. The molecule has 0 saturated carbocycles. The first-order chi connectivity index (χ1) is 7.34. The topological polar surface area (TPSA) is 70.1 Å². The number of nitrogens with two attached hydrogens (primary N) is 1. The maximum atomic E-state index is 9.83. The molecule has 0 heterocycles. The molecule has 1 rings (SSSR count). The number of para-hydroxylation sites is 1. The molecule has 0 radical (unpaired) electrons. The van der Waals surface area contributed by atoms with Gasteiger partial charge in [-0.3, -0.25) is 0 Å². The molecule has 0 unspecified atom stereocenters. The fraction of sp³-hybridized carbons (Fsp3) is 0.462. The molecule has 1 aromatic rings. The Morgan fingerprint density at radius 3 is 2.19 bits per heavy atom. The third-order valence-electron chi connectivity index (χ3n) is 2.17. The second-order valence-corrected chi connectivity index (χ2v) is 3.95. The first-order valence-corrected chi connectivity index (χ1v) is 5.51. The molecule has 0 atom stereocenters. The Kier molecular flexibility index (Phi) is 5.18. The molecule has 0 amide bonds. The monoisotopic (exact) mass is 222 g/mol. The van der Waals surface area contributed by atoms with Crippen LogP contribution in [0.4, 0.5) is 5.69 Å². The highest BCUT2D eigenvalue weighted by atomic mass is 16.3. The number of nitrogen functional groups attached to an aromatic ring is 1. The second-order valence-electron chi connectivity index (χ2n) is 3.95. The van der Waals surface area contributed by atoms with E-state index >= 15 is 0 Å². The zero-order valence-corrected chi connectivity index (χ0v) is 10.8. The minimum absolute atomic E-state index is 0.411. The first kappa shape index (κ1) is 14.6. The van der Waals surface area contributed by atoms with Crippen LogP contribution in [0.1, 0.15) is 45.7 Å². The fourth-order valence-electron chi connectivity index (χ4n) is 1.43. The molecule has 90 valence electrons. The Bertz CT molecular complexity index is 365. The van der Waals surface area contributed by atoms with E-state index < -0.39 is 5.60 Å². The van der Waals surface area contributed by atoms with Crippen LogP contribution in [0, 0.1) is 5.41 Å². The van der Waals surface area contributed by atoms with E-state index in [0.717, 1.165) is 0 Å². The van der Waals surface area contributed by atoms with Crippen LogP contribution in [0.25, 0.3) is 0 Å². The van der Waals surface area contributed by atoms with Crippen molar-refractivity contribution in [1.82, 2.24) is 0 Å². The van der Waals surface area contributed by atoms with Crippen LogP contribution in [0.5, 0.6) is 0 Å². The molecule has 3 nitrogen and oxygen atoms in total.